The lowest BCUT2D eigenvalue weighted by molar-refractivity contribution is -0.126. The fourth-order valence-electron chi connectivity index (χ4n) is 2.22. The van der Waals surface area contributed by atoms with Crippen molar-refractivity contribution in [3.8, 4) is 0 Å². The van der Waals surface area contributed by atoms with Crippen LogP contribution in [0.4, 0.5) is 0 Å². The van der Waals surface area contributed by atoms with Crippen LogP contribution in [-0.4, -0.2) is 37.1 Å². The van der Waals surface area contributed by atoms with Crippen LogP contribution in [0.5, 0.6) is 0 Å². The first-order valence-corrected chi connectivity index (χ1v) is 9.33. The standard InChI is InChI=1S/C15H20Cl2N2O3S/c1-10(18-13(20)14(2)9-15(14,16)17)11-5-7-12(8-6-11)23(21,22)19(3)4/h5-8,10H,9H2,1-4H3,(H,18,20)/t10-,14-/m1/s1. The molecular formula is C15H20Cl2N2O3S. The summed E-state index contributed by atoms with van der Waals surface area (Å²) in [6, 6.07) is 6.15. The van der Waals surface area contributed by atoms with E-state index in [-0.39, 0.29) is 16.8 Å². The summed E-state index contributed by atoms with van der Waals surface area (Å²) in [7, 11) is -0.502. The number of alkyl halides is 2. The van der Waals surface area contributed by atoms with Crippen LogP contribution in [0.1, 0.15) is 31.9 Å². The van der Waals surface area contributed by atoms with Gasteiger partial charge in [0.15, 0.2) is 0 Å². The highest BCUT2D eigenvalue weighted by molar-refractivity contribution is 7.89. The number of nitrogens with zero attached hydrogens (tertiary/aromatic N) is 1. The predicted molar refractivity (Wildman–Crippen MR) is 91.0 cm³/mol. The van der Waals surface area contributed by atoms with Crippen LogP contribution in [0.15, 0.2) is 29.2 Å². The molecule has 1 aliphatic rings. The molecule has 0 bridgehead atoms. The monoisotopic (exact) mass is 378 g/mol. The summed E-state index contributed by atoms with van der Waals surface area (Å²) in [6.07, 6.45) is 0.418. The van der Waals surface area contributed by atoms with E-state index >= 15 is 0 Å². The van der Waals surface area contributed by atoms with E-state index in [9.17, 15) is 13.2 Å². The normalized spacial score (nSPS) is 24.3. The SMILES string of the molecule is C[C@@H](NC(=O)[C@@]1(C)CC1(Cl)Cl)c1ccc(S(=O)(=O)N(C)C)cc1. The molecule has 1 aromatic rings. The Morgan fingerprint density at radius 1 is 1.26 bits per heavy atom. The molecule has 1 saturated carbocycles. The molecule has 0 unspecified atom stereocenters. The molecule has 0 aliphatic heterocycles. The van der Waals surface area contributed by atoms with Gasteiger partial charge in [0.1, 0.15) is 4.33 Å². The van der Waals surface area contributed by atoms with Crippen LogP contribution in [0.3, 0.4) is 0 Å². The van der Waals surface area contributed by atoms with Gasteiger partial charge in [-0.25, -0.2) is 12.7 Å². The number of carbonyl (C=O) groups is 1. The van der Waals surface area contributed by atoms with Crippen molar-refractivity contribution in [2.75, 3.05) is 14.1 Å². The van der Waals surface area contributed by atoms with Crippen molar-refractivity contribution in [3.05, 3.63) is 29.8 Å². The molecular weight excluding hydrogens is 359 g/mol. The maximum atomic E-state index is 12.3. The van der Waals surface area contributed by atoms with Crippen LogP contribution < -0.4 is 5.32 Å². The summed E-state index contributed by atoms with van der Waals surface area (Å²) in [5, 5.41) is 2.87. The van der Waals surface area contributed by atoms with Crippen LogP contribution in [0.25, 0.3) is 0 Å². The van der Waals surface area contributed by atoms with Gasteiger partial charge in [-0.2, -0.15) is 0 Å². The Balaban J connectivity index is 2.10. The second kappa shape index (κ2) is 5.92. The van der Waals surface area contributed by atoms with Crippen molar-refractivity contribution in [3.63, 3.8) is 0 Å². The second-order valence-corrected chi connectivity index (χ2v) is 9.90. The van der Waals surface area contributed by atoms with Crippen LogP contribution in [-0.2, 0) is 14.8 Å². The van der Waals surface area contributed by atoms with Crippen molar-refractivity contribution in [2.45, 2.75) is 35.5 Å². The van der Waals surface area contributed by atoms with E-state index in [4.69, 9.17) is 23.2 Å². The summed E-state index contributed by atoms with van der Waals surface area (Å²) >= 11 is 12.0. The molecule has 0 radical (unpaired) electrons. The molecule has 0 saturated heterocycles. The molecule has 23 heavy (non-hydrogen) atoms. The summed E-state index contributed by atoms with van der Waals surface area (Å²) in [5.74, 6) is -0.208. The van der Waals surface area contributed by atoms with Crippen LogP contribution in [0, 0.1) is 5.41 Å². The van der Waals surface area contributed by atoms with Crippen molar-refractivity contribution >= 4 is 39.1 Å². The Kier molecular flexibility index (Phi) is 4.76. The number of hydrogen-bond acceptors (Lipinski definition) is 3. The maximum absolute atomic E-state index is 12.3. The molecule has 1 N–H and O–H groups in total. The molecule has 0 spiro atoms. The second-order valence-electron chi connectivity index (χ2n) is 6.26. The number of rotatable bonds is 5. The minimum atomic E-state index is -3.46. The molecule has 2 rings (SSSR count). The van der Waals surface area contributed by atoms with Crippen molar-refractivity contribution in [2.24, 2.45) is 5.41 Å². The first kappa shape index (κ1) is 18.5. The Morgan fingerprint density at radius 2 is 1.74 bits per heavy atom. The highest BCUT2D eigenvalue weighted by Crippen LogP contribution is 2.63. The zero-order valence-electron chi connectivity index (χ0n) is 13.4. The number of sulfonamides is 1. The van der Waals surface area contributed by atoms with Gasteiger partial charge >= 0.3 is 0 Å². The Hall–Kier alpha value is -0.820. The predicted octanol–water partition coefficient (Wildman–Crippen LogP) is 2.70. The number of halogens is 2. The average Bonchev–Trinajstić information content (AvgIpc) is 2.99. The zero-order chi connectivity index (χ0) is 17.6. The summed E-state index contributed by atoms with van der Waals surface area (Å²) in [6.45, 7) is 3.55. The molecule has 1 amide bonds. The van der Waals surface area contributed by atoms with Crippen molar-refractivity contribution in [1.82, 2.24) is 9.62 Å². The third-order valence-corrected chi connectivity index (χ3v) is 7.20. The highest BCUT2D eigenvalue weighted by Gasteiger charge is 2.67. The van der Waals surface area contributed by atoms with Gasteiger partial charge in [-0.3, -0.25) is 4.79 Å². The highest BCUT2D eigenvalue weighted by atomic mass is 35.5. The zero-order valence-corrected chi connectivity index (χ0v) is 15.8. The van der Waals surface area contributed by atoms with Crippen molar-refractivity contribution < 1.29 is 13.2 Å². The molecule has 8 heteroatoms. The number of benzene rings is 1. The van der Waals surface area contributed by atoms with Gasteiger partial charge in [-0.05, 0) is 38.0 Å². The van der Waals surface area contributed by atoms with E-state index in [1.165, 1.54) is 26.2 Å². The lowest BCUT2D eigenvalue weighted by Crippen LogP contribution is -2.35. The van der Waals surface area contributed by atoms with Gasteiger partial charge in [-0.15, -0.1) is 23.2 Å². The topological polar surface area (TPSA) is 66.5 Å². The Morgan fingerprint density at radius 3 is 2.13 bits per heavy atom. The maximum Gasteiger partial charge on any atom is 0.242 e. The quantitative estimate of drug-likeness (QED) is 0.800. The van der Waals surface area contributed by atoms with E-state index in [1.54, 1.807) is 19.1 Å². The van der Waals surface area contributed by atoms with E-state index in [2.05, 4.69) is 5.32 Å². The minimum Gasteiger partial charge on any atom is -0.349 e. The van der Waals surface area contributed by atoms with Gasteiger partial charge < -0.3 is 5.32 Å². The number of amides is 1. The van der Waals surface area contributed by atoms with E-state index in [1.807, 2.05) is 6.92 Å². The van der Waals surface area contributed by atoms with E-state index in [0.29, 0.717) is 6.42 Å². The number of nitrogens with one attached hydrogen (secondary N) is 1. The van der Waals surface area contributed by atoms with Gasteiger partial charge in [0.05, 0.1) is 16.4 Å². The van der Waals surface area contributed by atoms with Gasteiger partial charge in [0, 0.05) is 14.1 Å². The van der Waals surface area contributed by atoms with Crippen LogP contribution >= 0.6 is 23.2 Å². The molecule has 1 aromatic carbocycles. The number of carbonyl (C=O) groups excluding carboxylic acids is 1. The fourth-order valence-corrected chi connectivity index (χ4v) is 3.83. The molecule has 2 atom stereocenters. The molecule has 5 nitrogen and oxygen atoms in total. The Bertz CT molecular complexity index is 717. The summed E-state index contributed by atoms with van der Waals surface area (Å²) in [4.78, 5) is 12.5. The van der Waals surface area contributed by atoms with Crippen LogP contribution in [0.2, 0.25) is 0 Å². The lowest BCUT2D eigenvalue weighted by atomic mass is 10.1. The van der Waals surface area contributed by atoms with Gasteiger partial charge in [0.25, 0.3) is 0 Å². The molecule has 1 fully saturated rings. The molecule has 128 valence electrons. The van der Waals surface area contributed by atoms with E-state index < -0.39 is 19.8 Å². The average molecular weight is 379 g/mol. The third kappa shape index (κ3) is 3.36. The van der Waals surface area contributed by atoms with Crippen molar-refractivity contribution in [1.29, 1.82) is 0 Å². The summed E-state index contributed by atoms with van der Waals surface area (Å²) in [5.41, 5.74) is 0.0218. The smallest absolute Gasteiger partial charge is 0.242 e. The third-order valence-electron chi connectivity index (χ3n) is 4.27. The number of hydrogen-bond donors (Lipinski definition) is 1. The largest absolute Gasteiger partial charge is 0.349 e. The van der Waals surface area contributed by atoms with Gasteiger partial charge in [-0.1, -0.05) is 12.1 Å². The lowest BCUT2D eigenvalue weighted by Gasteiger charge is -2.19. The first-order chi connectivity index (χ1) is 10.4. The summed E-state index contributed by atoms with van der Waals surface area (Å²) < 4.78 is 24.2. The molecule has 1 aliphatic carbocycles. The van der Waals surface area contributed by atoms with Gasteiger partial charge in [0.2, 0.25) is 15.9 Å². The Labute approximate surface area is 147 Å². The molecule has 0 heterocycles. The fraction of sp³-hybridized carbons (Fsp3) is 0.533. The van der Waals surface area contributed by atoms with E-state index in [0.717, 1.165) is 9.87 Å². The minimum absolute atomic E-state index is 0.208. The first-order valence-electron chi connectivity index (χ1n) is 7.13. The molecule has 0 aromatic heterocycles.